The molecule has 2 amide bonds. The Morgan fingerprint density at radius 3 is 2.33 bits per heavy atom. The monoisotopic (exact) mass is 387 g/mol. The number of urea groups is 1. The molecule has 0 spiro atoms. The van der Waals surface area contributed by atoms with Crippen LogP contribution in [0.5, 0.6) is 0 Å². The lowest BCUT2D eigenvalue weighted by atomic mass is 9.99. The maximum Gasteiger partial charge on any atom is 0.416 e. The van der Waals surface area contributed by atoms with Crippen LogP contribution in [-0.4, -0.2) is 61.3 Å². The van der Waals surface area contributed by atoms with E-state index in [0.717, 1.165) is 18.6 Å². The van der Waals surface area contributed by atoms with Gasteiger partial charge in [-0.2, -0.15) is 13.2 Å². The Hall–Kier alpha value is -1.80. The van der Waals surface area contributed by atoms with Crippen molar-refractivity contribution in [2.24, 2.45) is 0 Å². The molecule has 1 heterocycles. The van der Waals surface area contributed by atoms with Gasteiger partial charge in [-0.15, -0.1) is 0 Å². The molecule has 1 atom stereocenters. The largest absolute Gasteiger partial charge is 0.416 e. The lowest BCUT2D eigenvalue weighted by Crippen LogP contribution is -2.51. The van der Waals surface area contributed by atoms with Crippen LogP contribution in [0.1, 0.15) is 31.4 Å². The van der Waals surface area contributed by atoms with Gasteiger partial charge < -0.3 is 19.9 Å². The molecule has 1 aliphatic heterocycles. The maximum absolute atomic E-state index is 12.8. The smallest absolute Gasteiger partial charge is 0.373 e. The van der Waals surface area contributed by atoms with Crippen LogP contribution in [0.2, 0.25) is 0 Å². The van der Waals surface area contributed by atoms with E-state index in [-0.39, 0.29) is 18.6 Å². The fourth-order valence-electron chi connectivity index (χ4n) is 2.97. The van der Waals surface area contributed by atoms with Gasteiger partial charge in [-0.25, -0.2) is 4.79 Å². The van der Waals surface area contributed by atoms with Crippen LogP contribution >= 0.6 is 0 Å². The molecule has 1 unspecified atom stereocenters. The third-order valence-corrected chi connectivity index (χ3v) is 4.78. The van der Waals surface area contributed by atoms with Gasteiger partial charge >= 0.3 is 12.2 Å². The van der Waals surface area contributed by atoms with E-state index in [1.54, 1.807) is 4.90 Å². The van der Waals surface area contributed by atoms with Crippen LogP contribution in [0.4, 0.5) is 18.0 Å². The molecule has 0 saturated carbocycles. The summed E-state index contributed by atoms with van der Waals surface area (Å²) in [6.45, 7) is 5.82. The van der Waals surface area contributed by atoms with Crippen LogP contribution in [-0.2, 0) is 17.5 Å². The van der Waals surface area contributed by atoms with Crippen molar-refractivity contribution in [3.05, 3.63) is 35.4 Å². The first-order chi connectivity index (χ1) is 12.5. The average molecular weight is 387 g/mol. The van der Waals surface area contributed by atoms with E-state index in [2.05, 4.69) is 5.32 Å². The molecule has 8 heteroatoms. The molecule has 27 heavy (non-hydrogen) atoms. The second-order valence-electron chi connectivity index (χ2n) is 7.66. The number of ether oxygens (including phenoxy) is 1. The molecule has 1 saturated heterocycles. The zero-order chi connectivity index (χ0) is 20.2. The van der Waals surface area contributed by atoms with Gasteiger partial charge in [-0.05, 0) is 52.1 Å². The van der Waals surface area contributed by atoms with E-state index >= 15 is 0 Å². The number of carbonyl (C=O) groups is 1. The van der Waals surface area contributed by atoms with Gasteiger partial charge in [-0.1, -0.05) is 12.1 Å². The summed E-state index contributed by atoms with van der Waals surface area (Å²) in [4.78, 5) is 16.4. The molecule has 5 nitrogen and oxygen atoms in total. The molecule has 0 aromatic heterocycles. The molecule has 1 N–H and O–H groups in total. The number of halogens is 3. The Bertz CT molecular complexity index is 630. The zero-order valence-corrected chi connectivity index (χ0v) is 16.3. The minimum atomic E-state index is -4.37. The molecular formula is C19H28F3N3O2. The zero-order valence-electron chi connectivity index (χ0n) is 16.3. The number of rotatable bonds is 6. The van der Waals surface area contributed by atoms with Crippen molar-refractivity contribution < 1.29 is 22.7 Å². The van der Waals surface area contributed by atoms with Crippen LogP contribution in [0.15, 0.2) is 24.3 Å². The number of amides is 2. The lowest BCUT2D eigenvalue weighted by Gasteiger charge is -2.31. The summed E-state index contributed by atoms with van der Waals surface area (Å²) in [6.07, 6.45) is -3.63. The minimum Gasteiger partial charge on any atom is -0.373 e. The van der Waals surface area contributed by atoms with E-state index < -0.39 is 17.3 Å². The maximum atomic E-state index is 12.8. The number of nitrogens with zero attached hydrogens (tertiary/aromatic N) is 2. The van der Waals surface area contributed by atoms with Gasteiger partial charge in [0.05, 0.1) is 17.2 Å². The number of benzene rings is 1. The highest BCUT2D eigenvalue weighted by molar-refractivity contribution is 5.74. The van der Waals surface area contributed by atoms with Gasteiger partial charge in [0.1, 0.15) is 0 Å². The Morgan fingerprint density at radius 1 is 1.22 bits per heavy atom. The van der Waals surface area contributed by atoms with Crippen molar-refractivity contribution in [1.29, 1.82) is 0 Å². The molecule has 152 valence electrons. The molecule has 2 rings (SSSR count). The predicted molar refractivity (Wildman–Crippen MR) is 97.4 cm³/mol. The SMILES string of the molecule is CN(C)CCN(Cc1ccc(C(F)(F)F)cc1)C(=O)NC1CCOC1(C)C. The predicted octanol–water partition coefficient (Wildman–Crippen LogP) is 3.35. The second kappa shape index (κ2) is 8.48. The van der Waals surface area contributed by atoms with Crippen molar-refractivity contribution in [2.45, 2.75) is 44.6 Å². The third-order valence-electron chi connectivity index (χ3n) is 4.78. The standard InChI is InChI=1S/C19H28F3N3O2/c1-18(2)16(9-12-27-18)23-17(26)25(11-10-24(3)4)13-14-5-7-15(8-6-14)19(20,21)22/h5-8,16H,9-13H2,1-4H3,(H,23,26). The van der Waals surface area contributed by atoms with Crippen molar-refractivity contribution in [3.63, 3.8) is 0 Å². The minimum absolute atomic E-state index is 0.0977. The lowest BCUT2D eigenvalue weighted by molar-refractivity contribution is -0.137. The van der Waals surface area contributed by atoms with Crippen molar-refractivity contribution >= 4 is 6.03 Å². The fourth-order valence-corrected chi connectivity index (χ4v) is 2.97. The number of likely N-dealkylation sites (N-methyl/N-ethyl adjacent to an activating group) is 1. The highest BCUT2D eigenvalue weighted by Crippen LogP contribution is 2.29. The summed E-state index contributed by atoms with van der Waals surface area (Å²) in [5.41, 5.74) is -0.476. The first-order valence-corrected chi connectivity index (χ1v) is 8.99. The van der Waals surface area contributed by atoms with E-state index in [9.17, 15) is 18.0 Å². The topological polar surface area (TPSA) is 44.8 Å². The van der Waals surface area contributed by atoms with Crippen molar-refractivity contribution in [2.75, 3.05) is 33.8 Å². The molecular weight excluding hydrogens is 359 g/mol. The highest BCUT2D eigenvalue weighted by Gasteiger charge is 2.37. The quantitative estimate of drug-likeness (QED) is 0.814. The Kier molecular flexibility index (Phi) is 6.75. The first-order valence-electron chi connectivity index (χ1n) is 8.99. The second-order valence-corrected chi connectivity index (χ2v) is 7.66. The van der Waals surface area contributed by atoms with Crippen LogP contribution in [0, 0.1) is 0 Å². The number of hydrogen-bond acceptors (Lipinski definition) is 3. The molecule has 1 aromatic carbocycles. The number of carbonyl (C=O) groups excluding carboxylic acids is 1. The molecule has 1 aliphatic rings. The Labute approximate surface area is 158 Å². The number of nitrogens with one attached hydrogen (secondary N) is 1. The summed E-state index contributed by atoms with van der Waals surface area (Å²) in [6, 6.07) is 4.60. The van der Waals surface area contributed by atoms with Crippen molar-refractivity contribution in [3.8, 4) is 0 Å². The summed E-state index contributed by atoms with van der Waals surface area (Å²) in [5.74, 6) is 0. The Balaban J connectivity index is 2.08. The summed E-state index contributed by atoms with van der Waals surface area (Å²) < 4.78 is 43.8. The van der Waals surface area contributed by atoms with Gasteiger partial charge in [-0.3, -0.25) is 0 Å². The van der Waals surface area contributed by atoms with Crippen LogP contribution in [0.25, 0.3) is 0 Å². The molecule has 0 radical (unpaired) electrons. The molecule has 1 aromatic rings. The number of alkyl halides is 3. The normalized spacial score (nSPS) is 19.3. The van der Waals surface area contributed by atoms with Crippen molar-refractivity contribution in [1.82, 2.24) is 15.1 Å². The number of hydrogen-bond donors (Lipinski definition) is 1. The summed E-state index contributed by atoms with van der Waals surface area (Å²) >= 11 is 0. The average Bonchev–Trinajstić information content (AvgIpc) is 2.89. The van der Waals surface area contributed by atoms with Gasteiger partial charge in [0.15, 0.2) is 0 Å². The Morgan fingerprint density at radius 2 is 1.85 bits per heavy atom. The van der Waals surface area contributed by atoms with Gasteiger partial charge in [0.25, 0.3) is 0 Å². The first kappa shape index (κ1) is 21.5. The highest BCUT2D eigenvalue weighted by atomic mass is 19.4. The summed E-state index contributed by atoms with van der Waals surface area (Å²) in [7, 11) is 3.81. The van der Waals surface area contributed by atoms with E-state index in [1.807, 2.05) is 32.8 Å². The van der Waals surface area contributed by atoms with Gasteiger partial charge in [0.2, 0.25) is 0 Å². The van der Waals surface area contributed by atoms with Gasteiger partial charge in [0, 0.05) is 26.2 Å². The van der Waals surface area contributed by atoms with E-state index in [4.69, 9.17) is 4.74 Å². The molecule has 1 fully saturated rings. The van der Waals surface area contributed by atoms with Crippen LogP contribution < -0.4 is 5.32 Å². The fraction of sp³-hybridized carbons (Fsp3) is 0.632. The van der Waals surface area contributed by atoms with E-state index in [0.29, 0.717) is 25.3 Å². The molecule has 0 bridgehead atoms. The summed E-state index contributed by atoms with van der Waals surface area (Å²) in [5, 5.41) is 3.01. The molecule has 0 aliphatic carbocycles. The van der Waals surface area contributed by atoms with Crippen LogP contribution in [0.3, 0.4) is 0 Å². The third kappa shape index (κ3) is 6.10. The van der Waals surface area contributed by atoms with E-state index in [1.165, 1.54) is 12.1 Å².